The maximum absolute atomic E-state index is 13.4. The predicted molar refractivity (Wildman–Crippen MR) is 97.0 cm³/mol. The number of ether oxygens (including phenoxy) is 1. The Bertz CT molecular complexity index is 327. The lowest BCUT2D eigenvalue weighted by Gasteiger charge is -2.36. The molecular formula is C18H37FO3Si. The molecule has 0 aromatic heterocycles. The van der Waals surface area contributed by atoms with Gasteiger partial charge >= 0.3 is 5.97 Å². The van der Waals surface area contributed by atoms with Gasteiger partial charge in [-0.2, -0.15) is 0 Å². The van der Waals surface area contributed by atoms with Crippen LogP contribution in [0.2, 0.25) is 18.1 Å². The Balaban J connectivity index is 3.52. The fourth-order valence-electron chi connectivity index (χ4n) is 2.03. The topological polar surface area (TPSA) is 35.5 Å². The van der Waals surface area contributed by atoms with E-state index in [9.17, 15) is 9.18 Å². The maximum Gasteiger partial charge on any atom is 0.340 e. The summed E-state index contributed by atoms with van der Waals surface area (Å²) in [5.41, 5.74) is 0. The monoisotopic (exact) mass is 348 g/mol. The molecule has 138 valence electrons. The van der Waals surface area contributed by atoms with Crippen LogP contribution in [0.4, 0.5) is 4.39 Å². The fourth-order valence-corrected chi connectivity index (χ4v) is 3.11. The molecule has 0 rings (SSSR count). The maximum atomic E-state index is 13.4. The van der Waals surface area contributed by atoms with Crippen LogP contribution in [0.3, 0.4) is 0 Å². The summed E-state index contributed by atoms with van der Waals surface area (Å²) in [5, 5.41) is 0.273. The van der Waals surface area contributed by atoms with E-state index in [1.807, 2.05) is 0 Å². The lowest BCUT2D eigenvalue weighted by atomic mass is 10.1. The van der Waals surface area contributed by atoms with Crippen LogP contribution in [-0.2, 0) is 14.0 Å². The molecule has 0 saturated carbocycles. The van der Waals surface area contributed by atoms with Crippen molar-refractivity contribution in [2.75, 3.05) is 13.2 Å². The quantitative estimate of drug-likeness (QED) is 0.260. The van der Waals surface area contributed by atoms with Gasteiger partial charge in [-0.1, -0.05) is 46.5 Å². The van der Waals surface area contributed by atoms with E-state index in [-0.39, 0.29) is 18.1 Å². The molecule has 0 saturated heterocycles. The van der Waals surface area contributed by atoms with Crippen LogP contribution < -0.4 is 0 Å². The highest BCUT2D eigenvalue weighted by Gasteiger charge is 2.36. The Kier molecular flexibility index (Phi) is 11.0. The van der Waals surface area contributed by atoms with Gasteiger partial charge in [-0.25, -0.2) is 9.18 Å². The van der Waals surface area contributed by atoms with Gasteiger partial charge in [-0.05, 0) is 44.3 Å². The van der Waals surface area contributed by atoms with Gasteiger partial charge in [0.15, 0.2) is 14.5 Å². The largest absolute Gasteiger partial charge is 0.464 e. The van der Waals surface area contributed by atoms with Crippen molar-refractivity contribution in [3.8, 4) is 0 Å². The number of unbranched alkanes of at least 4 members (excludes halogenated alkanes) is 5. The standard InChI is InChI=1S/C18H37FO3Si/c1-7-21-17(20)16(19)14-12-10-8-9-11-13-15-22-23(5,6)18(2,3)4/h16H,7-15H2,1-6H3. The van der Waals surface area contributed by atoms with Crippen molar-refractivity contribution >= 4 is 14.3 Å². The second kappa shape index (κ2) is 11.2. The summed E-state index contributed by atoms with van der Waals surface area (Å²) in [5.74, 6) is -0.713. The van der Waals surface area contributed by atoms with Crippen LogP contribution in [0, 0.1) is 0 Å². The first kappa shape index (κ1) is 22.6. The van der Waals surface area contributed by atoms with E-state index in [1.165, 1.54) is 0 Å². The molecule has 0 N–H and O–H groups in total. The van der Waals surface area contributed by atoms with Gasteiger partial charge in [0.25, 0.3) is 0 Å². The van der Waals surface area contributed by atoms with Crippen LogP contribution in [0.5, 0.6) is 0 Å². The van der Waals surface area contributed by atoms with Crippen LogP contribution in [0.25, 0.3) is 0 Å². The summed E-state index contributed by atoms with van der Waals surface area (Å²) in [6, 6.07) is 0. The Morgan fingerprint density at radius 1 is 1.04 bits per heavy atom. The number of carbonyl (C=O) groups is 1. The molecule has 0 aliphatic carbocycles. The molecule has 0 fully saturated rings. The second-order valence-electron chi connectivity index (χ2n) is 7.74. The second-order valence-corrected chi connectivity index (χ2v) is 12.5. The Morgan fingerprint density at radius 2 is 1.57 bits per heavy atom. The Labute approximate surface area is 143 Å². The molecule has 0 spiro atoms. The lowest BCUT2D eigenvalue weighted by Crippen LogP contribution is -2.40. The summed E-state index contributed by atoms with van der Waals surface area (Å²) in [6.07, 6.45) is 5.06. The van der Waals surface area contributed by atoms with Crippen LogP contribution in [0.1, 0.15) is 72.6 Å². The van der Waals surface area contributed by atoms with E-state index < -0.39 is 20.5 Å². The van der Waals surface area contributed by atoms with Gasteiger partial charge in [-0.15, -0.1) is 0 Å². The molecule has 0 aromatic carbocycles. The zero-order valence-corrected chi connectivity index (χ0v) is 17.0. The van der Waals surface area contributed by atoms with Crippen molar-refractivity contribution < 1.29 is 18.3 Å². The molecule has 5 heteroatoms. The van der Waals surface area contributed by atoms with Crippen molar-refractivity contribution in [2.45, 2.75) is 96.9 Å². The van der Waals surface area contributed by atoms with Crippen molar-refractivity contribution in [2.24, 2.45) is 0 Å². The summed E-state index contributed by atoms with van der Waals surface area (Å²) in [6.45, 7) is 14.1. The summed E-state index contributed by atoms with van der Waals surface area (Å²) < 4.78 is 24.2. The molecule has 0 bridgehead atoms. The SMILES string of the molecule is CCOC(=O)C(F)CCCCCCCCO[Si](C)(C)C(C)(C)C. The van der Waals surface area contributed by atoms with E-state index in [0.717, 1.165) is 45.1 Å². The number of alkyl halides is 1. The molecule has 0 heterocycles. The van der Waals surface area contributed by atoms with Crippen molar-refractivity contribution in [1.29, 1.82) is 0 Å². The molecule has 1 unspecified atom stereocenters. The van der Waals surface area contributed by atoms with Crippen molar-refractivity contribution in [1.82, 2.24) is 0 Å². The lowest BCUT2D eigenvalue weighted by molar-refractivity contribution is -0.149. The van der Waals surface area contributed by atoms with E-state index in [2.05, 4.69) is 38.6 Å². The van der Waals surface area contributed by atoms with E-state index in [1.54, 1.807) is 6.92 Å². The first-order valence-electron chi connectivity index (χ1n) is 9.06. The molecule has 0 amide bonds. The molecule has 0 radical (unpaired) electrons. The minimum Gasteiger partial charge on any atom is -0.464 e. The highest BCUT2D eigenvalue weighted by atomic mass is 28.4. The predicted octanol–water partition coefficient (Wildman–Crippen LogP) is 5.64. The molecule has 23 heavy (non-hydrogen) atoms. The molecule has 0 aliphatic heterocycles. The molecule has 1 atom stereocenters. The average Bonchev–Trinajstić information content (AvgIpc) is 2.44. The minimum atomic E-state index is -1.60. The highest BCUT2D eigenvalue weighted by molar-refractivity contribution is 6.74. The van der Waals surface area contributed by atoms with Crippen LogP contribution in [-0.4, -0.2) is 33.7 Å². The third-order valence-corrected chi connectivity index (χ3v) is 9.20. The number of carbonyl (C=O) groups excluding carboxylic acids is 1. The zero-order valence-electron chi connectivity index (χ0n) is 16.0. The van der Waals surface area contributed by atoms with Gasteiger partial charge in [-0.3, -0.25) is 0 Å². The number of rotatable bonds is 12. The van der Waals surface area contributed by atoms with Gasteiger partial charge in [0.2, 0.25) is 0 Å². The number of hydrogen-bond donors (Lipinski definition) is 0. The first-order chi connectivity index (χ1) is 10.6. The average molecular weight is 349 g/mol. The molecule has 3 nitrogen and oxygen atoms in total. The molecule has 0 aliphatic rings. The van der Waals surface area contributed by atoms with E-state index in [4.69, 9.17) is 4.43 Å². The Morgan fingerprint density at radius 3 is 2.09 bits per heavy atom. The Hall–Kier alpha value is -0.423. The van der Waals surface area contributed by atoms with Gasteiger partial charge in [0.05, 0.1) is 6.61 Å². The molecule has 0 aromatic rings. The first-order valence-corrected chi connectivity index (χ1v) is 12.0. The number of halogens is 1. The minimum absolute atomic E-state index is 0.246. The van der Waals surface area contributed by atoms with E-state index in [0.29, 0.717) is 0 Å². The smallest absolute Gasteiger partial charge is 0.340 e. The number of esters is 1. The fraction of sp³-hybridized carbons (Fsp3) is 0.944. The normalized spacial score (nSPS) is 13.9. The van der Waals surface area contributed by atoms with E-state index >= 15 is 0 Å². The van der Waals surface area contributed by atoms with Gasteiger partial charge < -0.3 is 9.16 Å². The third-order valence-electron chi connectivity index (χ3n) is 4.66. The zero-order chi connectivity index (χ0) is 17.9. The van der Waals surface area contributed by atoms with Gasteiger partial charge in [0, 0.05) is 6.61 Å². The van der Waals surface area contributed by atoms with Crippen molar-refractivity contribution in [3.05, 3.63) is 0 Å². The van der Waals surface area contributed by atoms with Crippen molar-refractivity contribution in [3.63, 3.8) is 0 Å². The van der Waals surface area contributed by atoms with Crippen LogP contribution in [0.15, 0.2) is 0 Å². The van der Waals surface area contributed by atoms with Crippen LogP contribution >= 0.6 is 0 Å². The summed E-state index contributed by atoms with van der Waals surface area (Å²) in [7, 11) is -1.60. The third kappa shape index (κ3) is 10.1. The summed E-state index contributed by atoms with van der Waals surface area (Å²) in [4.78, 5) is 11.1. The van der Waals surface area contributed by atoms with Gasteiger partial charge in [0.1, 0.15) is 0 Å². The number of hydrogen-bond acceptors (Lipinski definition) is 3. The molecular weight excluding hydrogens is 311 g/mol. The summed E-state index contributed by atoms with van der Waals surface area (Å²) >= 11 is 0. The highest BCUT2D eigenvalue weighted by Crippen LogP contribution is 2.36.